The molecule has 1 radical (unpaired) electrons. The molecule has 0 aliphatic carbocycles. The molecule has 0 atom stereocenters. The lowest BCUT2D eigenvalue weighted by atomic mass is 10.3. The van der Waals surface area contributed by atoms with E-state index in [1.165, 1.54) is 4.57 Å². The first-order valence-corrected chi connectivity index (χ1v) is 6.16. The monoisotopic (exact) mass is 330 g/mol. The van der Waals surface area contributed by atoms with Crippen LogP contribution < -0.4 is 22.1 Å². The van der Waals surface area contributed by atoms with Crippen LogP contribution in [0.4, 0.5) is 10.6 Å². The number of amides is 3. The number of hydrogen-bond acceptors (Lipinski definition) is 5. The number of nitrogens with two attached hydrogens (primary N) is 1. The third kappa shape index (κ3) is 4.70. The van der Waals surface area contributed by atoms with Crippen LogP contribution in [0.15, 0.2) is 17.1 Å². The molecule has 2 heterocycles. The Bertz CT molecular complexity index is 530. The van der Waals surface area contributed by atoms with Gasteiger partial charge in [0.25, 0.3) is 0 Å². The van der Waals surface area contributed by atoms with Crippen molar-refractivity contribution < 1.29 is 9.59 Å². The number of halogens is 1. The molecule has 1 saturated heterocycles. The number of carbonyl (C=O) groups is 2. The molecule has 1 aliphatic rings. The number of aryl methyl sites for hydroxylation is 1. The van der Waals surface area contributed by atoms with Gasteiger partial charge in [0.15, 0.2) is 0 Å². The van der Waals surface area contributed by atoms with E-state index in [1.807, 2.05) is 6.92 Å². The highest BCUT2D eigenvalue weighted by Crippen LogP contribution is 2.09. The van der Waals surface area contributed by atoms with Gasteiger partial charge in [-0.2, -0.15) is 4.98 Å². The largest absolute Gasteiger partial charge is 0.383 e. The summed E-state index contributed by atoms with van der Waals surface area (Å²) in [5.74, 6) is -0.0894. The summed E-state index contributed by atoms with van der Waals surface area (Å²) >= 11 is 2.97. The summed E-state index contributed by atoms with van der Waals surface area (Å²) in [5, 5.41) is 4.46. The van der Waals surface area contributed by atoms with Crippen molar-refractivity contribution in [2.24, 2.45) is 0 Å². The van der Waals surface area contributed by atoms with Crippen molar-refractivity contribution in [2.45, 2.75) is 13.5 Å². The second-order valence-corrected chi connectivity index (χ2v) is 4.42. The van der Waals surface area contributed by atoms with E-state index >= 15 is 0 Å². The third-order valence-corrected chi connectivity index (χ3v) is 2.75. The molecule has 0 bridgehead atoms. The van der Waals surface area contributed by atoms with E-state index in [1.54, 1.807) is 12.3 Å². The molecule has 1 aromatic rings. The van der Waals surface area contributed by atoms with Crippen molar-refractivity contribution in [1.29, 1.82) is 0 Å². The minimum absolute atomic E-state index is 0.273. The number of aromatic nitrogens is 2. The van der Waals surface area contributed by atoms with Crippen molar-refractivity contribution in [2.75, 3.05) is 12.3 Å². The fourth-order valence-corrected chi connectivity index (χ4v) is 1.38. The van der Waals surface area contributed by atoms with Gasteiger partial charge < -0.3 is 11.1 Å². The third-order valence-electron chi connectivity index (χ3n) is 2.11. The van der Waals surface area contributed by atoms with Crippen LogP contribution in [-0.2, 0) is 11.3 Å². The molecule has 0 spiro atoms. The number of anilines is 1. The van der Waals surface area contributed by atoms with Crippen LogP contribution in [0.25, 0.3) is 0 Å². The average Bonchev–Trinajstić information content (AvgIpc) is 2.35. The molecule has 0 unspecified atom stereocenters. The number of nitrogen functional groups attached to an aromatic ring is 1. The van der Waals surface area contributed by atoms with Gasteiger partial charge in [-0.1, -0.05) is 15.9 Å². The van der Waals surface area contributed by atoms with Crippen LogP contribution in [0.3, 0.4) is 0 Å². The fourth-order valence-electron chi connectivity index (χ4n) is 1.14. The van der Waals surface area contributed by atoms with Gasteiger partial charge in [-0.3, -0.25) is 14.7 Å². The number of nitrogens with one attached hydrogen (secondary N) is 2. The molecule has 0 saturated carbocycles. The standard InChI is InChI=1S/C6H9N3O.C4H4BrN2O2/c1-2-9-4-3-5(7)8-6(9)10;5-2-1-6-4(9)7-3(2)8/h3-4H,2H2,1H3,(H2,7,8,10);1H2,(H2,6,7,8,9). The zero-order valence-electron chi connectivity index (χ0n) is 10.1. The molecule has 2 rings (SSSR count). The first kappa shape index (κ1) is 15.2. The lowest BCUT2D eigenvalue weighted by Crippen LogP contribution is -2.49. The quantitative estimate of drug-likeness (QED) is 0.647. The summed E-state index contributed by atoms with van der Waals surface area (Å²) in [5.41, 5.74) is 4.97. The van der Waals surface area contributed by atoms with Gasteiger partial charge in [0.2, 0.25) is 5.91 Å². The summed E-state index contributed by atoms with van der Waals surface area (Å²) in [7, 11) is 0. The number of nitrogens with zero attached hydrogens (tertiary/aromatic N) is 2. The lowest BCUT2D eigenvalue weighted by molar-refractivity contribution is -0.117. The maximum atomic E-state index is 10.8. The summed E-state index contributed by atoms with van der Waals surface area (Å²) in [6, 6.07) is 1.16. The Morgan fingerprint density at radius 1 is 1.47 bits per heavy atom. The molecule has 19 heavy (non-hydrogen) atoms. The minimum atomic E-state index is -0.441. The van der Waals surface area contributed by atoms with Gasteiger partial charge in [-0.15, -0.1) is 0 Å². The van der Waals surface area contributed by atoms with Crippen molar-refractivity contribution in [3.05, 3.63) is 27.6 Å². The fraction of sp³-hybridized carbons (Fsp3) is 0.300. The van der Waals surface area contributed by atoms with E-state index in [9.17, 15) is 14.4 Å². The van der Waals surface area contributed by atoms with Crippen molar-refractivity contribution in [3.8, 4) is 0 Å². The van der Waals surface area contributed by atoms with Crippen LogP contribution in [0.2, 0.25) is 0 Å². The Balaban J connectivity index is 0.000000191. The number of urea groups is 1. The molecule has 0 aromatic carbocycles. The van der Waals surface area contributed by atoms with Crippen LogP contribution >= 0.6 is 15.9 Å². The normalized spacial score (nSPS) is 15.1. The maximum absolute atomic E-state index is 10.8. The molecular weight excluding hydrogens is 318 g/mol. The molecule has 3 amide bonds. The Morgan fingerprint density at radius 3 is 2.63 bits per heavy atom. The van der Waals surface area contributed by atoms with E-state index < -0.39 is 6.03 Å². The minimum Gasteiger partial charge on any atom is -0.383 e. The zero-order valence-corrected chi connectivity index (χ0v) is 11.7. The molecule has 4 N–H and O–H groups in total. The number of rotatable bonds is 1. The smallest absolute Gasteiger partial charge is 0.349 e. The van der Waals surface area contributed by atoms with Gasteiger partial charge in [0.1, 0.15) is 10.6 Å². The summed E-state index contributed by atoms with van der Waals surface area (Å²) in [6.45, 7) is 2.79. The zero-order chi connectivity index (χ0) is 14.4. The predicted octanol–water partition coefficient (Wildman–Crippen LogP) is -0.402. The Labute approximate surface area is 117 Å². The van der Waals surface area contributed by atoms with E-state index in [2.05, 4.69) is 31.5 Å². The van der Waals surface area contributed by atoms with Gasteiger partial charge in [0.05, 0.1) is 0 Å². The lowest BCUT2D eigenvalue weighted by Gasteiger charge is -2.15. The number of hydrogen-bond donors (Lipinski definition) is 3. The highest BCUT2D eigenvalue weighted by molar-refractivity contribution is 9.11. The molecule has 1 fully saturated rings. The Kier molecular flexibility index (Phi) is 5.49. The van der Waals surface area contributed by atoms with Crippen LogP contribution in [-0.4, -0.2) is 28.0 Å². The van der Waals surface area contributed by atoms with E-state index in [0.717, 1.165) is 0 Å². The summed E-state index contributed by atoms with van der Waals surface area (Å²) in [6.07, 6.45) is 1.63. The van der Waals surface area contributed by atoms with Gasteiger partial charge in [0, 0.05) is 19.3 Å². The summed E-state index contributed by atoms with van der Waals surface area (Å²) in [4.78, 5) is 35.7. The maximum Gasteiger partial charge on any atom is 0.349 e. The van der Waals surface area contributed by atoms with Gasteiger partial charge >= 0.3 is 11.7 Å². The van der Waals surface area contributed by atoms with Gasteiger partial charge in [-0.25, -0.2) is 9.59 Å². The molecule has 103 valence electrons. The first-order valence-electron chi connectivity index (χ1n) is 5.37. The van der Waals surface area contributed by atoms with E-state index in [-0.39, 0.29) is 24.0 Å². The second-order valence-electron chi connectivity index (χ2n) is 3.46. The Morgan fingerprint density at radius 2 is 2.16 bits per heavy atom. The van der Waals surface area contributed by atoms with E-state index in [4.69, 9.17) is 5.73 Å². The van der Waals surface area contributed by atoms with E-state index in [0.29, 0.717) is 11.4 Å². The number of imide groups is 1. The number of carbonyl (C=O) groups excluding carboxylic acids is 2. The average molecular weight is 331 g/mol. The SMILES string of the molecule is CCn1ccc(N)nc1=O.O=C1NC[C](Br)C(=O)N1. The predicted molar refractivity (Wildman–Crippen MR) is 72.3 cm³/mol. The van der Waals surface area contributed by atoms with Crippen molar-refractivity contribution in [1.82, 2.24) is 20.2 Å². The highest BCUT2D eigenvalue weighted by Gasteiger charge is 2.23. The molecule has 1 aromatic heterocycles. The van der Waals surface area contributed by atoms with Crippen LogP contribution in [0.1, 0.15) is 6.92 Å². The van der Waals surface area contributed by atoms with Crippen LogP contribution in [0.5, 0.6) is 0 Å². The van der Waals surface area contributed by atoms with Crippen molar-refractivity contribution in [3.63, 3.8) is 0 Å². The van der Waals surface area contributed by atoms with Gasteiger partial charge in [-0.05, 0) is 13.0 Å². The molecule has 8 nitrogen and oxygen atoms in total. The van der Waals surface area contributed by atoms with Crippen molar-refractivity contribution >= 4 is 33.7 Å². The summed E-state index contributed by atoms with van der Waals surface area (Å²) < 4.78 is 1.48. The molecule has 9 heteroatoms. The first-order chi connectivity index (χ1) is 8.93. The Hall–Kier alpha value is -1.90. The molecular formula is C10H13BrN5O3. The highest BCUT2D eigenvalue weighted by atomic mass is 79.9. The topological polar surface area (TPSA) is 119 Å². The second kappa shape index (κ2) is 6.88. The molecule has 1 aliphatic heterocycles. The van der Waals surface area contributed by atoms with Crippen LogP contribution in [0, 0.1) is 4.83 Å².